The second kappa shape index (κ2) is 4.61. The van der Waals surface area contributed by atoms with E-state index in [4.69, 9.17) is 11.6 Å². The summed E-state index contributed by atoms with van der Waals surface area (Å²) in [6.45, 7) is 1.88. The summed E-state index contributed by atoms with van der Waals surface area (Å²) >= 11 is 5.97. The average molecular weight is 268 g/mol. The van der Waals surface area contributed by atoms with Crippen molar-refractivity contribution in [1.82, 2.24) is 0 Å². The fraction of sp³-hybridized carbons (Fsp3) is 0.385. The molecule has 1 aliphatic carbocycles. The monoisotopic (exact) mass is 267 g/mol. The molecule has 96 valence electrons. The minimum atomic E-state index is -0.994. The molecule has 1 amide bonds. The zero-order chi connectivity index (χ0) is 13.3. The fourth-order valence-corrected chi connectivity index (χ4v) is 1.95. The predicted molar refractivity (Wildman–Crippen MR) is 68.5 cm³/mol. The number of carbonyl (C=O) groups excluding carboxylic acids is 2. The summed E-state index contributed by atoms with van der Waals surface area (Å²) in [5.41, 5.74) is 0.529. The largest absolute Gasteiger partial charge is 0.468 e. The van der Waals surface area contributed by atoms with E-state index in [1.54, 1.807) is 12.1 Å². The maximum atomic E-state index is 12.0. The molecule has 2 rings (SSSR count). The van der Waals surface area contributed by atoms with Gasteiger partial charge in [-0.2, -0.15) is 0 Å². The summed E-state index contributed by atoms with van der Waals surface area (Å²) in [6.07, 6.45) is 1.07. The number of halogens is 1. The van der Waals surface area contributed by atoms with Crippen molar-refractivity contribution in [3.05, 3.63) is 28.8 Å². The van der Waals surface area contributed by atoms with Gasteiger partial charge in [-0.15, -0.1) is 0 Å². The van der Waals surface area contributed by atoms with Crippen LogP contribution in [0, 0.1) is 12.3 Å². The third-order valence-corrected chi connectivity index (χ3v) is 3.60. The molecule has 0 aliphatic heterocycles. The van der Waals surface area contributed by atoms with Crippen LogP contribution in [0.4, 0.5) is 5.69 Å². The van der Waals surface area contributed by atoms with Gasteiger partial charge in [-0.1, -0.05) is 17.7 Å². The molecular formula is C13H14ClNO3. The Bertz CT molecular complexity index is 509. The number of benzene rings is 1. The van der Waals surface area contributed by atoms with Crippen LogP contribution in [0.15, 0.2) is 18.2 Å². The lowest BCUT2D eigenvalue weighted by Crippen LogP contribution is -2.32. The number of hydrogen-bond acceptors (Lipinski definition) is 3. The molecule has 0 bridgehead atoms. The van der Waals surface area contributed by atoms with E-state index in [9.17, 15) is 9.59 Å². The first kappa shape index (κ1) is 12.9. The number of ether oxygens (including phenoxy) is 1. The molecule has 0 unspecified atom stereocenters. The standard InChI is InChI=1S/C13H14ClNO3/c1-8-3-4-9(7-10(8)14)15-11(16)13(5-6-13)12(17)18-2/h3-4,7H,5-6H2,1-2H3,(H,15,16). The van der Waals surface area contributed by atoms with E-state index >= 15 is 0 Å². The molecule has 0 aromatic heterocycles. The van der Waals surface area contributed by atoms with Crippen LogP contribution < -0.4 is 5.32 Å². The summed E-state index contributed by atoms with van der Waals surface area (Å²) in [7, 11) is 1.29. The van der Waals surface area contributed by atoms with Crippen LogP contribution >= 0.6 is 11.6 Å². The number of aryl methyl sites for hydroxylation is 1. The van der Waals surface area contributed by atoms with Crippen molar-refractivity contribution in [2.45, 2.75) is 19.8 Å². The molecule has 1 fully saturated rings. The Kier molecular flexibility index (Phi) is 3.30. The minimum absolute atomic E-state index is 0.325. The quantitative estimate of drug-likeness (QED) is 0.676. The molecule has 0 atom stereocenters. The van der Waals surface area contributed by atoms with Crippen LogP contribution in [0.25, 0.3) is 0 Å². The van der Waals surface area contributed by atoms with E-state index in [0.29, 0.717) is 23.6 Å². The Balaban J connectivity index is 2.12. The van der Waals surface area contributed by atoms with Gasteiger partial charge in [-0.3, -0.25) is 9.59 Å². The lowest BCUT2D eigenvalue weighted by atomic mass is 10.1. The number of rotatable bonds is 3. The molecule has 18 heavy (non-hydrogen) atoms. The second-order valence-electron chi connectivity index (χ2n) is 4.49. The van der Waals surface area contributed by atoms with Crippen molar-refractivity contribution in [1.29, 1.82) is 0 Å². The van der Waals surface area contributed by atoms with Crippen LogP contribution in [0.5, 0.6) is 0 Å². The molecule has 1 saturated carbocycles. The predicted octanol–water partition coefficient (Wildman–Crippen LogP) is 2.54. The zero-order valence-corrected chi connectivity index (χ0v) is 11.0. The minimum Gasteiger partial charge on any atom is -0.468 e. The Labute approximate surface area is 110 Å². The number of amides is 1. The molecular weight excluding hydrogens is 254 g/mol. The number of carbonyl (C=O) groups is 2. The van der Waals surface area contributed by atoms with Crippen molar-refractivity contribution in [3.8, 4) is 0 Å². The zero-order valence-electron chi connectivity index (χ0n) is 10.2. The highest BCUT2D eigenvalue weighted by molar-refractivity contribution is 6.31. The van der Waals surface area contributed by atoms with Gasteiger partial charge >= 0.3 is 5.97 Å². The number of methoxy groups -OCH3 is 1. The Hall–Kier alpha value is -1.55. The highest BCUT2D eigenvalue weighted by Crippen LogP contribution is 2.47. The van der Waals surface area contributed by atoms with Crippen LogP contribution in [0.2, 0.25) is 5.02 Å². The summed E-state index contributed by atoms with van der Waals surface area (Å²) in [6, 6.07) is 5.24. The third-order valence-electron chi connectivity index (χ3n) is 3.19. The van der Waals surface area contributed by atoms with Gasteiger partial charge in [0.1, 0.15) is 5.41 Å². The van der Waals surface area contributed by atoms with Gasteiger partial charge in [-0.05, 0) is 37.5 Å². The van der Waals surface area contributed by atoms with Crippen molar-refractivity contribution in [3.63, 3.8) is 0 Å². The van der Waals surface area contributed by atoms with Crippen LogP contribution in [0.1, 0.15) is 18.4 Å². The first-order valence-electron chi connectivity index (χ1n) is 5.65. The van der Waals surface area contributed by atoms with Crippen molar-refractivity contribution < 1.29 is 14.3 Å². The van der Waals surface area contributed by atoms with E-state index < -0.39 is 11.4 Å². The third kappa shape index (κ3) is 2.20. The number of esters is 1. The Morgan fingerprint density at radius 1 is 1.39 bits per heavy atom. The Morgan fingerprint density at radius 2 is 2.06 bits per heavy atom. The van der Waals surface area contributed by atoms with Gasteiger partial charge in [0.05, 0.1) is 7.11 Å². The van der Waals surface area contributed by atoms with Gasteiger partial charge in [0.15, 0.2) is 0 Å². The number of nitrogens with one attached hydrogen (secondary N) is 1. The highest BCUT2D eigenvalue weighted by Gasteiger charge is 2.57. The molecule has 4 nitrogen and oxygen atoms in total. The summed E-state index contributed by atoms with van der Waals surface area (Å²) in [4.78, 5) is 23.6. The summed E-state index contributed by atoms with van der Waals surface area (Å²) < 4.78 is 4.65. The van der Waals surface area contributed by atoms with Crippen LogP contribution in [-0.2, 0) is 14.3 Å². The molecule has 0 saturated heterocycles. The first-order valence-corrected chi connectivity index (χ1v) is 6.03. The molecule has 0 radical (unpaired) electrons. The normalized spacial score (nSPS) is 15.9. The SMILES string of the molecule is COC(=O)C1(C(=O)Nc2ccc(C)c(Cl)c2)CC1. The van der Waals surface area contributed by atoms with Gasteiger partial charge < -0.3 is 10.1 Å². The maximum absolute atomic E-state index is 12.0. The lowest BCUT2D eigenvalue weighted by molar-refractivity contribution is -0.150. The molecule has 5 heteroatoms. The maximum Gasteiger partial charge on any atom is 0.321 e. The van der Waals surface area contributed by atoms with Crippen LogP contribution in [-0.4, -0.2) is 19.0 Å². The molecule has 1 aromatic rings. The molecule has 0 spiro atoms. The van der Waals surface area contributed by atoms with E-state index in [-0.39, 0.29) is 5.91 Å². The number of hydrogen-bond donors (Lipinski definition) is 1. The Morgan fingerprint density at radius 3 is 2.56 bits per heavy atom. The topological polar surface area (TPSA) is 55.4 Å². The second-order valence-corrected chi connectivity index (χ2v) is 4.90. The number of anilines is 1. The van der Waals surface area contributed by atoms with Gasteiger partial charge in [-0.25, -0.2) is 0 Å². The summed E-state index contributed by atoms with van der Waals surface area (Å²) in [5, 5.41) is 3.28. The van der Waals surface area contributed by atoms with Gasteiger partial charge in [0, 0.05) is 10.7 Å². The fourth-order valence-electron chi connectivity index (χ4n) is 1.77. The smallest absolute Gasteiger partial charge is 0.321 e. The highest BCUT2D eigenvalue weighted by atomic mass is 35.5. The van der Waals surface area contributed by atoms with E-state index in [0.717, 1.165) is 5.56 Å². The molecule has 1 aliphatic rings. The van der Waals surface area contributed by atoms with Gasteiger partial charge in [0.25, 0.3) is 0 Å². The average Bonchev–Trinajstić information content (AvgIpc) is 3.14. The van der Waals surface area contributed by atoms with Gasteiger partial charge in [0.2, 0.25) is 5.91 Å². The lowest BCUT2D eigenvalue weighted by Gasteiger charge is -2.13. The molecule has 0 heterocycles. The van der Waals surface area contributed by atoms with E-state index in [1.807, 2.05) is 13.0 Å². The molecule has 1 N–H and O–H groups in total. The molecule has 1 aromatic carbocycles. The van der Waals surface area contributed by atoms with Crippen molar-refractivity contribution in [2.75, 3.05) is 12.4 Å². The van der Waals surface area contributed by atoms with Crippen LogP contribution in [0.3, 0.4) is 0 Å². The van der Waals surface area contributed by atoms with E-state index in [1.165, 1.54) is 7.11 Å². The van der Waals surface area contributed by atoms with Crippen molar-refractivity contribution >= 4 is 29.2 Å². The van der Waals surface area contributed by atoms with E-state index in [2.05, 4.69) is 10.1 Å². The first-order chi connectivity index (χ1) is 8.49. The van der Waals surface area contributed by atoms with Crippen molar-refractivity contribution in [2.24, 2.45) is 5.41 Å². The summed E-state index contributed by atoms with van der Waals surface area (Å²) in [5.74, 6) is -0.799.